The number of carbonyl (C=O) groups excluding carboxylic acids is 1. The number of hydrogen-bond donors (Lipinski definition) is 1. The van der Waals surface area contributed by atoms with Gasteiger partial charge in [-0.3, -0.25) is 4.79 Å². The quantitative estimate of drug-likeness (QED) is 0.673. The molecular formula is C21H26ClN3O5S. The van der Waals surface area contributed by atoms with Crippen LogP contribution in [-0.2, 0) is 10.0 Å². The molecule has 0 bridgehead atoms. The Morgan fingerprint density at radius 3 is 2.42 bits per heavy atom. The summed E-state index contributed by atoms with van der Waals surface area (Å²) in [5.41, 5.74) is 0.621. The van der Waals surface area contributed by atoms with Crippen LogP contribution >= 0.6 is 11.6 Å². The molecule has 0 aromatic heterocycles. The van der Waals surface area contributed by atoms with E-state index in [1.807, 2.05) is 0 Å². The van der Waals surface area contributed by atoms with Gasteiger partial charge >= 0.3 is 0 Å². The SMILES string of the molecule is CCN1CCN(S(=O)(=O)c2cccc(NC(=O)c3cc(Cl)c(OC)c(OC)c3)c2)CC1. The van der Waals surface area contributed by atoms with Crippen molar-refractivity contribution in [3.8, 4) is 11.5 Å². The number of benzene rings is 2. The number of methoxy groups -OCH3 is 2. The highest BCUT2D eigenvalue weighted by molar-refractivity contribution is 7.89. The van der Waals surface area contributed by atoms with Crippen LogP contribution < -0.4 is 14.8 Å². The lowest BCUT2D eigenvalue weighted by atomic mass is 10.1. The van der Waals surface area contributed by atoms with Crippen LogP contribution in [0, 0.1) is 0 Å². The van der Waals surface area contributed by atoms with Gasteiger partial charge in [0.25, 0.3) is 5.91 Å². The minimum absolute atomic E-state index is 0.139. The summed E-state index contributed by atoms with van der Waals surface area (Å²) in [6, 6.07) is 9.20. The van der Waals surface area contributed by atoms with Crippen LogP contribution in [0.1, 0.15) is 17.3 Å². The maximum Gasteiger partial charge on any atom is 0.255 e. The molecule has 168 valence electrons. The lowest BCUT2D eigenvalue weighted by Gasteiger charge is -2.33. The Bertz CT molecular complexity index is 1050. The molecule has 1 heterocycles. The van der Waals surface area contributed by atoms with Crippen LogP contribution in [0.5, 0.6) is 11.5 Å². The van der Waals surface area contributed by atoms with Crippen molar-refractivity contribution in [2.45, 2.75) is 11.8 Å². The lowest BCUT2D eigenvalue weighted by molar-refractivity contribution is 0.102. The molecule has 1 fully saturated rings. The molecule has 2 aromatic rings. The topological polar surface area (TPSA) is 88.2 Å². The molecule has 0 atom stereocenters. The van der Waals surface area contributed by atoms with Crippen LogP contribution in [0.25, 0.3) is 0 Å². The second-order valence-electron chi connectivity index (χ2n) is 7.01. The Balaban J connectivity index is 1.79. The first-order valence-electron chi connectivity index (χ1n) is 9.85. The number of halogens is 1. The van der Waals surface area contributed by atoms with Gasteiger partial charge in [0.05, 0.1) is 24.1 Å². The molecule has 1 N–H and O–H groups in total. The van der Waals surface area contributed by atoms with Crippen LogP contribution in [0.3, 0.4) is 0 Å². The van der Waals surface area contributed by atoms with Gasteiger partial charge in [-0.05, 0) is 36.9 Å². The summed E-state index contributed by atoms with van der Waals surface area (Å²) in [5.74, 6) is 0.202. The number of likely N-dealkylation sites (N-methyl/N-ethyl adjacent to an activating group) is 1. The third-order valence-corrected chi connectivity index (χ3v) is 7.38. The number of ether oxygens (including phenoxy) is 2. The number of nitrogens with zero attached hydrogens (tertiary/aromatic N) is 2. The largest absolute Gasteiger partial charge is 0.493 e. The first kappa shape index (κ1) is 23.3. The summed E-state index contributed by atoms with van der Waals surface area (Å²) in [7, 11) is -0.740. The second kappa shape index (κ2) is 9.86. The highest BCUT2D eigenvalue weighted by Gasteiger charge is 2.28. The molecule has 3 rings (SSSR count). The predicted molar refractivity (Wildman–Crippen MR) is 120 cm³/mol. The van der Waals surface area contributed by atoms with E-state index < -0.39 is 15.9 Å². The molecule has 0 radical (unpaired) electrons. The summed E-state index contributed by atoms with van der Waals surface area (Å²) < 4.78 is 38.0. The van der Waals surface area contributed by atoms with Crippen molar-refractivity contribution >= 4 is 33.2 Å². The van der Waals surface area contributed by atoms with Crippen LogP contribution in [0.4, 0.5) is 5.69 Å². The van der Waals surface area contributed by atoms with E-state index in [0.29, 0.717) is 43.4 Å². The number of nitrogens with one attached hydrogen (secondary N) is 1. The van der Waals surface area contributed by atoms with Gasteiger partial charge in [0.15, 0.2) is 11.5 Å². The molecular weight excluding hydrogens is 442 g/mol. The molecule has 0 saturated carbocycles. The summed E-state index contributed by atoms with van der Waals surface area (Å²) in [6.45, 7) is 5.24. The van der Waals surface area contributed by atoms with E-state index in [0.717, 1.165) is 6.54 Å². The van der Waals surface area contributed by atoms with Crippen molar-refractivity contribution in [2.75, 3.05) is 52.3 Å². The smallest absolute Gasteiger partial charge is 0.255 e. The van der Waals surface area contributed by atoms with Crippen molar-refractivity contribution in [2.24, 2.45) is 0 Å². The Kier molecular flexibility index (Phi) is 7.42. The number of anilines is 1. The zero-order valence-corrected chi connectivity index (χ0v) is 19.3. The zero-order chi connectivity index (χ0) is 22.6. The summed E-state index contributed by atoms with van der Waals surface area (Å²) in [4.78, 5) is 15.1. The van der Waals surface area contributed by atoms with Gasteiger partial charge in [0.2, 0.25) is 10.0 Å². The monoisotopic (exact) mass is 467 g/mol. The van der Waals surface area contributed by atoms with Crippen molar-refractivity contribution in [1.82, 2.24) is 9.21 Å². The Morgan fingerprint density at radius 1 is 1.10 bits per heavy atom. The van der Waals surface area contributed by atoms with E-state index in [9.17, 15) is 13.2 Å². The predicted octanol–water partition coefficient (Wildman–Crippen LogP) is 2.94. The van der Waals surface area contributed by atoms with Crippen molar-refractivity contribution < 1.29 is 22.7 Å². The van der Waals surface area contributed by atoms with Gasteiger partial charge in [-0.2, -0.15) is 4.31 Å². The molecule has 10 heteroatoms. The van der Waals surface area contributed by atoms with Crippen molar-refractivity contribution in [3.05, 3.63) is 47.0 Å². The zero-order valence-electron chi connectivity index (χ0n) is 17.7. The van der Waals surface area contributed by atoms with E-state index in [2.05, 4.69) is 17.1 Å². The summed E-state index contributed by atoms with van der Waals surface area (Å²) in [6.07, 6.45) is 0. The fraction of sp³-hybridized carbons (Fsp3) is 0.381. The van der Waals surface area contributed by atoms with Crippen molar-refractivity contribution in [1.29, 1.82) is 0 Å². The van der Waals surface area contributed by atoms with Gasteiger partial charge in [-0.25, -0.2) is 8.42 Å². The van der Waals surface area contributed by atoms with Crippen LogP contribution in [0.15, 0.2) is 41.3 Å². The first-order chi connectivity index (χ1) is 14.8. The minimum atomic E-state index is -3.65. The number of rotatable bonds is 7. The molecule has 2 aromatic carbocycles. The van der Waals surface area contributed by atoms with Gasteiger partial charge in [0.1, 0.15) is 0 Å². The van der Waals surface area contributed by atoms with E-state index in [1.165, 1.54) is 42.8 Å². The average molecular weight is 468 g/mol. The Hall–Kier alpha value is -2.33. The average Bonchev–Trinajstić information content (AvgIpc) is 2.78. The van der Waals surface area contributed by atoms with E-state index in [4.69, 9.17) is 21.1 Å². The molecule has 0 unspecified atom stereocenters. The first-order valence-corrected chi connectivity index (χ1v) is 11.7. The van der Waals surface area contributed by atoms with Crippen molar-refractivity contribution in [3.63, 3.8) is 0 Å². The molecule has 8 nitrogen and oxygen atoms in total. The number of hydrogen-bond acceptors (Lipinski definition) is 6. The molecule has 0 aliphatic carbocycles. The summed E-state index contributed by atoms with van der Waals surface area (Å²) in [5, 5.41) is 2.95. The van der Waals surface area contributed by atoms with Gasteiger partial charge in [-0.15, -0.1) is 0 Å². The van der Waals surface area contributed by atoms with E-state index >= 15 is 0 Å². The third-order valence-electron chi connectivity index (χ3n) is 5.20. The fourth-order valence-corrected chi connectivity index (χ4v) is 5.18. The molecule has 0 spiro atoms. The number of carbonyl (C=O) groups is 1. The maximum atomic E-state index is 13.0. The highest BCUT2D eigenvalue weighted by atomic mass is 35.5. The number of piperazine rings is 1. The second-order valence-corrected chi connectivity index (χ2v) is 9.36. The van der Waals surface area contributed by atoms with Gasteiger partial charge in [0, 0.05) is 37.4 Å². The number of sulfonamides is 1. The Labute approximate surface area is 187 Å². The molecule has 1 aliphatic rings. The van der Waals surface area contributed by atoms with Crippen LogP contribution in [-0.4, -0.2) is 70.5 Å². The summed E-state index contributed by atoms with van der Waals surface area (Å²) >= 11 is 6.18. The maximum absolute atomic E-state index is 13.0. The van der Waals surface area contributed by atoms with Gasteiger partial charge in [-0.1, -0.05) is 24.6 Å². The Morgan fingerprint density at radius 2 is 1.81 bits per heavy atom. The standard InChI is InChI=1S/C21H26ClN3O5S/c1-4-24-8-10-25(11-9-24)31(27,28)17-7-5-6-16(14-17)23-21(26)15-12-18(22)20(30-3)19(13-15)29-2/h5-7,12-14H,4,8-11H2,1-3H3,(H,23,26). The fourth-order valence-electron chi connectivity index (χ4n) is 3.42. The highest BCUT2D eigenvalue weighted by Crippen LogP contribution is 2.36. The molecule has 1 saturated heterocycles. The third kappa shape index (κ3) is 5.12. The number of amides is 1. The molecule has 1 amide bonds. The minimum Gasteiger partial charge on any atom is -0.493 e. The van der Waals surface area contributed by atoms with Gasteiger partial charge < -0.3 is 19.7 Å². The van der Waals surface area contributed by atoms with Crippen LogP contribution in [0.2, 0.25) is 5.02 Å². The van der Waals surface area contributed by atoms with E-state index in [-0.39, 0.29) is 15.5 Å². The van der Waals surface area contributed by atoms with E-state index in [1.54, 1.807) is 12.1 Å². The normalized spacial score (nSPS) is 15.5. The molecule has 1 aliphatic heterocycles. The molecule has 31 heavy (non-hydrogen) atoms. The lowest BCUT2D eigenvalue weighted by Crippen LogP contribution is -2.48.